The molecule has 5 rings (SSSR count). The number of piperazine rings is 1. The van der Waals surface area contributed by atoms with Crippen LogP contribution in [-0.4, -0.2) is 69.6 Å². The first kappa shape index (κ1) is 21.4. The SMILES string of the molecule is CCC(c1c(C(=O)O)c2ccccc2n1C(=O)c1c[nH]c2ccccc12)N1CCN(C)CC1. The van der Waals surface area contributed by atoms with Crippen LogP contribution in [0.2, 0.25) is 0 Å². The second-order valence-corrected chi connectivity index (χ2v) is 8.73. The molecule has 2 aromatic heterocycles. The lowest BCUT2D eigenvalue weighted by atomic mass is 10.0. The lowest BCUT2D eigenvalue weighted by Crippen LogP contribution is -2.46. The first-order chi connectivity index (χ1) is 16.0. The molecule has 1 fully saturated rings. The molecule has 1 atom stereocenters. The number of nitrogens with one attached hydrogen (secondary N) is 1. The Hall–Kier alpha value is -3.42. The van der Waals surface area contributed by atoms with E-state index in [0.717, 1.165) is 37.1 Å². The summed E-state index contributed by atoms with van der Waals surface area (Å²) in [5.74, 6) is -1.21. The Morgan fingerprint density at radius 1 is 1.00 bits per heavy atom. The zero-order chi connectivity index (χ0) is 23.1. The fourth-order valence-corrected chi connectivity index (χ4v) is 5.15. The number of H-pyrrole nitrogens is 1. The zero-order valence-corrected chi connectivity index (χ0v) is 18.9. The molecule has 0 spiro atoms. The van der Waals surface area contributed by atoms with E-state index in [9.17, 15) is 14.7 Å². The highest BCUT2D eigenvalue weighted by Gasteiger charge is 2.34. The first-order valence-corrected chi connectivity index (χ1v) is 11.4. The van der Waals surface area contributed by atoms with Crippen LogP contribution in [0, 0.1) is 0 Å². The van der Waals surface area contributed by atoms with Crippen molar-refractivity contribution < 1.29 is 14.7 Å². The van der Waals surface area contributed by atoms with Gasteiger partial charge < -0.3 is 15.0 Å². The Balaban J connectivity index is 1.75. The summed E-state index contributed by atoms with van der Waals surface area (Å²) in [6.07, 6.45) is 2.43. The lowest BCUT2D eigenvalue weighted by molar-refractivity contribution is 0.0687. The van der Waals surface area contributed by atoms with E-state index in [-0.39, 0.29) is 17.5 Å². The van der Waals surface area contributed by atoms with Crippen molar-refractivity contribution in [1.29, 1.82) is 0 Å². The van der Waals surface area contributed by atoms with E-state index in [1.54, 1.807) is 16.8 Å². The summed E-state index contributed by atoms with van der Waals surface area (Å²) >= 11 is 0. The normalized spacial score (nSPS) is 16.4. The number of carboxylic acids is 1. The second-order valence-electron chi connectivity index (χ2n) is 8.73. The van der Waals surface area contributed by atoms with Gasteiger partial charge in [-0.25, -0.2) is 4.79 Å². The average molecular weight is 445 g/mol. The van der Waals surface area contributed by atoms with E-state index in [4.69, 9.17) is 0 Å². The van der Waals surface area contributed by atoms with E-state index in [2.05, 4.69) is 28.8 Å². The molecule has 1 aliphatic rings. The Labute approximate surface area is 192 Å². The van der Waals surface area contributed by atoms with Gasteiger partial charge in [-0.1, -0.05) is 43.3 Å². The van der Waals surface area contributed by atoms with Gasteiger partial charge in [0.15, 0.2) is 0 Å². The molecule has 7 heteroatoms. The van der Waals surface area contributed by atoms with Gasteiger partial charge in [-0.05, 0) is 25.6 Å². The van der Waals surface area contributed by atoms with E-state index in [1.165, 1.54) is 0 Å². The predicted molar refractivity (Wildman–Crippen MR) is 129 cm³/mol. The number of carboxylic acid groups (broad SMARTS) is 1. The van der Waals surface area contributed by atoms with Crippen molar-refractivity contribution in [3.05, 3.63) is 71.5 Å². The summed E-state index contributed by atoms with van der Waals surface area (Å²) < 4.78 is 1.65. The number of benzene rings is 2. The molecular weight excluding hydrogens is 416 g/mol. The van der Waals surface area contributed by atoms with Crippen molar-refractivity contribution >= 4 is 33.7 Å². The predicted octanol–water partition coefficient (Wildman–Crippen LogP) is 4.21. The largest absolute Gasteiger partial charge is 0.478 e. The molecule has 3 heterocycles. The number of aromatic carboxylic acids is 1. The number of hydrogen-bond donors (Lipinski definition) is 2. The highest BCUT2D eigenvalue weighted by atomic mass is 16.4. The summed E-state index contributed by atoms with van der Waals surface area (Å²) in [6.45, 7) is 5.55. The Bertz CT molecular complexity index is 1340. The van der Waals surface area contributed by atoms with Crippen molar-refractivity contribution in [2.24, 2.45) is 0 Å². The molecule has 0 amide bonds. The van der Waals surface area contributed by atoms with Crippen molar-refractivity contribution in [3.63, 3.8) is 0 Å². The lowest BCUT2D eigenvalue weighted by Gasteiger charge is -2.38. The third kappa shape index (κ3) is 3.53. The van der Waals surface area contributed by atoms with Gasteiger partial charge in [0.1, 0.15) is 0 Å². The quantitative estimate of drug-likeness (QED) is 0.482. The third-order valence-corrected chi connectivity index (χ3v) is 6.83. The number of likely N-dealkylation sites (N-methyl/N-ethyl adjacent to an activating group) is 1. The average Bonchev–Trinajstić information content (AvgIpc) is 3.40. The van der Waals surface area contributed by atoms with Crippen molar-refractivity contribution in [1.82, 2.24) is 19.4 Å². The minimum absolute atomic E-state index is 0.175. The highest BCUT2D eigenvalue weighted by molar-refractivity contribution is 6.14. The molecule has 7 nitrogen and oxygen atoms in total. The second kappa shape index (κ2) is 8.50. The number of para-hydroxylation sites is 2. The number of rotatable bonds is 5. The van der Waals surface area contributed by atoms with Crippen LogP contribution in [0.25, 0.3) is 21.8 Å². The number of aromatic amines is 1. The number of carbonyl (C=O) groups is 2. The molecule has 1 saturated heterocycles. The fourth-order valence-electron chi connectivity index (χ4n) is 5.15. The molecule has 0 aliphatic carbocycles. The summed E-state index contributed by atoms with van der Waals surface area (Å²) in [5, 5.41) is 11.7. The van der Waals surface area contributed by atoms with Crippen LogP contribution in [0.1, 0.15) is 45.8 Å². The summed E-state index contributed by atoms with van der Waals surface area (Å²) in [4.78, 5) is 34.4. The van der Waals surface area contributed by atoms with E-state index < -0.39 is 5.97 Å². The number of aromatic nitrogens is 2. The van der Waals surface area contributed by atoms with Gasteiger partial charge >= 0.3 is 5.97 Å². The van der Waals surface area contributed by atoms with Gasteiger partial charge in [0.05, 0.1) is 28.4 Å². The zero-order valence-electron chi connectivity index (χ0n) is 18.9. The fraction of sp³-hybridized carbons (Fsp3) is 0.308. The van der Waals surface area contributed by atoms with Crippen LogP contribution < -0.4 is 0 Å². The maximum absolute atomic E-state index is 14.1. The van der Waals surface area contributed by atoms with E-state index >= 15 is 0 Å². The van der Waals surface area contributed by atoms with E-state index in [0.29, 0.717) is 28.6 Å². The first-order valence-electron chi connectivity index (χ1n) is 11.4. The van der Waals surface area contributed by atoms with Gasteiger partial charge in [0.25, 0.3) is 5.91 Å². The van der Waals surface area contributed by atoms with Crippen LogP contribution >= 0.6 is 0 Å². The maximum atomic E-state index is 14.1. The molecule has 0 bridgehead atoms. The molecule has 0 radical (unpaired) electrons. The Morgan fingerprint density at radius 3 is 2.36 bits per heavy atom. The molecule has 0 saturated carbocycles. The topological polar surface area (TPSA) is 81.6 Å². The number of hydrogen-bond acceptors (Lipinski definition) is 4. The third-order valence-electron chi connectivity index (χ3n) is 6.83. The minimum atomic E-state index is -1.00. The van der Waals surface area contributed by atoms with Gasteiger partial charge in [-0.15, -0.1) is 0 Å². The molecule has 4 aromatic rings. The summed E-state index contributed by atoms with van der Waals surface area (Å²) in [7, 11) is 2.10. The van der Waals surface area contributed by atoms with Gasteiger partial charge in [-0.2, -0.15) is 0 Å². The molecule has 170 valence electrons. The summed E-state index contributed by atoms with van der Waals surface area (Å²) in [5.41, 5.74) is 2.85. The molecule has 1 unspecified atom stereocenters. The molecular formula is C26H28N4O3. The molecule has 33 heavy (non-hydrogen) atoms. The van der Waals surface area contributed by atoms with Crippen LogP contribution in [0.5, 0.6) is 0 Å². The number of nitrogens with zero attached hydrogens (tertiary/aromatic N) is 3. The van der Waals surface area contributed by atoms with Crippen LogP contribution in [-0.2, 0) is 0 Å². The maximum Gasteiger partial charge on any atom is 0.338 e. The smallest absolute Gasteiger partial charge is 0.338 e. The summed E-state index contributed by atoms with van der Waals surface area (Å²) in [6, 6.07) is 14.8. The highest BCUT2D eigenvalue weighted by Crippen LogP contribution is 2.36. The molecule has 1 aliphatic heterocycles. The van der Waals surface area contributed by atoms with Crippen LogP contribution in [0.3, 0.4) is 0 Å². The van der Waals surface area contributed by atoms with Crippen molar-refractivity contribution in [2.45, 2.75) is 19.4 Å². The van der Waals surface area contributed by atoms with Gasteiger partial charge in [0.2, 0.25) is 0 Å². The number of fused-ring (bicyclic) bond motifs is 2. The van der Waals surface area contributed by atoms with Crippen molar-refractivity contribution in [2.75, 3.05) is 33.2 Å². The minimum Gasteiger partial charge on any atom is -0.478 e. The van der Waals surface area contributed by atoms with Crippen LogP contribution in [0.4, 0.5) is 0 Å². The van der Waals surface area contributed by atoms with E-state index in [1.807, 2.05) is 42.5 Å². The van der Waals surface area contributed by atoms with Crippen molar-refractivity contribution in [3.8, 4) is 0 Å². The molecule has 2 N–H and O–H groups in total. The van der Waals surface area contributed by atoms with Crippen LogP contribution in [0.15, 0.2) is 54.7 Å². The Kier molecular flexibility index (Phi) is 5.52. The molecule has 2 aromatic carbocycles. The monoisotopic (exact) mass is 444 g/mol. The Morgan fingerprint density at radius 2 is 1.67 bits per heavy atom. The van der Waals surface area contributed by atoms with Gasteiger partial charge in [-0.3, -0.25) is 14.3 Å². The standard InChI is InChI=1S/C26H28N4O3/c1-3-21(29-14-12-28(2)13-15-29)24-23(26(32)33)18-9-5-7-11-22(18)30(24)25(31)19-16-27-20-10-6-4-8-17(19)20/h4-11,16,21,27H,3,12-15H2,1-2H3,(H,32,33). The number of carbonyl (C=O) groups excluding carboxylic acids is 1. The van der Waals surface area contributed by atoms with Gasteiger partial charge in [0, 0.05) is 48.7 Å².